The molecule has 3 aromatic rings. The summed E-state index contributed by atoms with van der Waals surface area (Å²) in [6.07, 6.45) is 0. The Morgan fingerprint density at radius 1 is 1.00 bits per heavy atom. The summed E-state index contributed by atoms with van der Waals surface area (Å²) in [5.41, 5.74) is 7.08. The fraction of sp³-hybridized carbons (Fsp3) is 0.360. The van der Waals surface area contributed by atoms with Gasteiger partial charge in [0, 0.05) is 48.8 Å². The lowest BCUT2D eigenvalue weighted by Crippen LogP contribution is -2.44. The molecule has 0 spiro atoms. The largest absolute Gasteiger partial charge is 0.369 e. The maximum atomic E-state index is 12.9. The molecule has 6 heteroatoms. The van der Waals surface area contributed by atoms with Crippen molar-refractivity contribution in [3.8, 4) is 0 Å². The zero-order valence-corrected chi connectivity index (χ0v) is 18.9. The van der Waals surface area contributed by atoms with Gasteiger partial charge in [-0.15, -0.1) is 0 Å². The number of nitrogens with one attached hydrogen (secondary N) is 1. The van der Waals surface area contributed by atoms with E-state index >= 15 is 0 Å². The minimum absolute atomic E-state index is 0.0954. The van der Waals surface area contributed by atoms with E-state index in [1.165, 1.54) is 11.3 Å². The summed E-state index contributed by atoms with van der Waals surface area (Å²) in [5.74, 6) is -0.0954. The zero-order valence-electron chi connectivity index (χ0n) is 18.9. The SMILES string of the molecule is Cc1cc(C)n(Cc2cccc(C(=O)Nc3ccc(N4CCN(C)CC4)c(C)c3)c2)n1. The molecule has 2 aromatic carbocycles. The number of anilines is 2. The summed E-state index contributed by atoms with van der Waals surface area (Å²) < 4.78 is 1.97. The van der Waals surface area contributed by atoms with Crippen molar-refractivity contribution < 1.29 is 4.79 Å². The molecule has 2 heterocycles. The Morgan fingerprint density at radius 3 is 2.45 bits per heavy atom. The molecule has 1 amide bonds. The molecule has 0 unspecified atom stereocenters. The van der Waals surface area contributed by atoms with Crippen LogP contribution in [0.4, 0.5) is 11.4 Å². The normalized spacial score (nSPS) is 14.6. The van der Waals surface area contributed by atoms with Crippen molar-refractivity contribution in [1.29, 1.82) is 0 Å². The molecule has 0 atom stereocenters. The third-order valence-electron chi connectivity index (χ3n) is 5.92. The van der Waals surface area contributed by atoms with Gasteiger partial charge >= 0.3 is 0 Å². The Labute approximate surface area is 184 Å². The first-order valence-electron chi connectivity index (χ1n) is 10.8. The number of nitrogens with zero attached hydrogens (tertiary/aromatic N) is 4. The third kappa shape index (κ3) is 4.97. The lowest BCUT2D eigenvalue weighted by Gasteiger charge is -2.35. The fourth-order valence-electron chi connectivity index (χ4n) is 4.16. The number of aromatic nitrogens is 2. The maximum Gasteiger partial charge on any atom is 0.255 e. The Hall–Kier alpha value is -3.12. The van der Waals surface area contributed by atoms with E-state index < -0.39 is 0 Å². The molecule has 0 saturated carbocycles. The number of amides is 1. The van der Waals surface area contributed by atoms with Crippen LogP contribution in [0.15, 0.2) is 48.5 Å². The molecule has 0 radical (unpaired) electrons. The summed E-state index contributed by atoms with van der Waals surface area (Å²) in [6, 6.07) is 16.0. The summed E-state index contributed by atoms with van der Waals surface area (Å²) in [4.78, 5) is 17.6. The third-order valence-corrected chi connectivity index (χ3v) is 5.92. The molecule has 6 nitrogen and oxygen atoms in total. The van der Waals surface area contributed by atoms with Crippen LogP contribution in [0.25, 0.3) is 0 Å². The van der Waals surface area contributed by atoms with E-state index in [9.17, 15) is 4.79 Å². The molecule has 0 bridgehead atoms. The molecule has 162 valence electrons. The number of likely N-dealkylation sites (N-methyl/N-ethyl adjacent to an activating group) is 1. The second kappa shape index (κ2) is 8.94. The second-order valence-corrected chi connectivity index (χ2v) is 8.53. The Morgan fingerprint density at radius 2 is 1.77 bits per heavy atom. The molecule has 1 N–H and O–H groups in total. The average Bonchev–Trinajstić information content (AvgIpc) is 3.06. The second-order valence-electron chi connectivity index (χ2n) is 8.53. The van der Waals surface area contributed by atoms with Crippen LogP contribution in [0.2, 0.25) is 0 Å². The highest BCUT2D eigenvalue weighted by Crippen LogP contribution is 2.25. The van der Waals surface area contributed by atoms with Crippen LogP contribution < -0.4 is 10.2 Å². The highest BCUT2D eigenvalue weighted by Gasteiger charge is 2.16. The van der Waals surface area contributed by atoms with Crippen molar-refractivity contribution in [3.63, 3.8) is 0 Å². The highest BCUT2D eigenvalue weighted by atomic mass is 16.1. The lowest BCUT2D eigenvalue weighted by atomic mass is 10.1. The molecule has 1 saturated heterocycles. The molecular formula is C25H31N5O. The van der Waals surface area contributed by atoms with Crippen LogP contribution in [0.3, 0.4) is 0 Å². The van der Waals surface area contributed by atoms with Crippen LogP contribution in [0, 0.1) is 20.8 Å². The Bertz CT molecular complexity index is 1080. The Kier molecular flexibility index (Phi) is 6.09. The predicted octanol–water partition coefficient (Wildman–Crippen LogP) is 3.86. The van der Waals surface area contributed by atoms with Crippen LogP contribution in [0.1, 0.15) is 32.9 Å². The van der Waals surface area contributed by atoms with Gasteiger partial charge in [-0.05, 0) is 75.3 Å². The van der Waals surface area contributed by atoms with E-state index in [0.717, 1.165) is 48.8 Å². The number of carbonyl (C=O) groups is 1. The van der Waals surface area contributed by atoms with Crippen LogP contribution in [0.5, 0.6) is 0 Å². The van der Waals surface area contributed by atoms with Crippen molar-refractivity contribution in [2.24, 2.45) is 0 Å². The maximum absolute atomic E-state index is 12.9. The number of carbonyl (C=O) groups excluding carboxylic acids is 1. The quantitative estimate of drug-likeness (QED) is 0.685. The van der Waals surface area contributed by atoms with Gasteiger partial charge in [-0.1, -0.05) is 12.1 Å². The van der Waals surface area contributed by atoms with Gasteiger partial charge in [0.1, 0.15) is 0 Å². The fourth-order valence-corrected chi connectivity index (χ4v) is 4.16. The number of hydrogen-bond acceptors (Lipinski definition) is 4. The van der Waals surface area contributed by atoms with Crippen molar-refractivity contribution in [1.82, 2.24) is 14.7 Å². The van der Waals surface area contributed by atoms with Crippen LogP contribution >= 0.6 is 0 Å². The van der Waals surface area contributed by atoms with Gasteiger partial charge < -0.3 is 15.1 Å². The van der Waals surface area contributed by atoms with E-state index in [1.807, 2.05) is 48.9 Å². The van der Waals surface area contributed by atoms with E-state index in [1.54, 1.807) is 0 Å². The van der Waals surface area contributed by atoms with Crippen molar-refractivity contribution in [2.45, 2.75) is 27.3 Å². The number of piperazine rings is 1. The molecule has 0 aliphatic carbocycles. The van der Waals surface area contributed by atoms with Crippen LogP contribution in [-0.2, 0) is 6.54 Å². The average molecular weight is 418 g/mol. The monoisotopic (exact) mass is 417 g/mol. The molecule has 1 aliphatic rings. The van der Waals surface area contributed by atoms with Crippen molar-refractivity contribution >= 4 is 17.3 Å². The first kappa shape index (κ1) is 21.1. The summed E-state index contributed by atoms with van der Waals surface area (Å²) in [5, 5.41) is 7.57. The van der Waals surface area contributed by atoms with Gasteiger partial charge in [0.25, 0.3) is 5.91 Å². The zero-order chi connectivity index (χ0) is 22.0. The summed E-state index contributed by atoms with van der Waals surface area (Å²) >= 11 is 0. The van der Waals surface area contributed by atoms with Crippen molar-refractivity contribution in [3.05, 3.63) is 76.6 Å². The van der Waals surface area contributed by atoms with E-state index in [2.05, 4.69) is 52.4 Å². The predicted molar refractivity (Wildman–Crippen MR) is 126 cm³/mol. The lowest BCUT2D eigenvalue weighted by molar-refractivity contribution is 0.102. The number of rotatable bonds is 5. The Balaban J connectivity index is 1.44. The van der Waals surface area contributed by atoms with Crippen LogP contribution in [-0.4, -0.2) is 53.8 Å². The number of benzene rings is 2. The smallest absolute Gasteiger partial charge is 0.255 e. The van der Waals surface area contributed by atoms with E-state index in [0.29, 0.717) is 12.1 Å². The molecule has 4 rings (SSSR count). The van der Waals surface area contributed by atoms with E-state index in [-0.39, 0.29) is 5.91 Å². The number of aryl methyl sites for hydroxylation is 3. The van der Waals surface area contributed by atoms with Gasteiger partial charge in [0.05, 0.1) is 12.2 Å². The van der Waals surface area contributed by atoms with Gasteiger partial charge in [0.15, 0.2) is 0 Å². The first-order chi connectivity index (χ1) is 14.9. The van der Waals surface area contributed by atoms with Crippen molar-refractivity contribution in [2.75, 3.05) is 43.4 Å². The topological polar surface area (TPSA) is 53.4 Å². The summed E-state index contributed by atoms with van der Waals surface area (Å²) in [6.45, 7) is 11.0. The molecular weight excluding hydrogens is 386 g/mol. The van der Waals surface area contributed by atoms with Gasteiger partial charge in [-0.3, -0.25) is 9.48 Å². The first-order valence-corrected chi connectivity index (χ1v) is 10.8. The number of hydrogen-bond donors (Lipinski definition) is 1. The molecule has 1 aromatic heterocycles. The standard InChI is InChI=1S/C25H31N5O/c1-18-14-23(8-9-24(18)29-12-10-28(4)11-13-29)26-25(31)22-7-5-6-21(16-22)17-30-20(3)15-19(2)27-30/h5-9,14-16H,10-13,17H2,1-4H3,(H,26,31). The van der Waals surface area contributed by atoms with Gasteiger partial charge in [0.2, 0.25) is 0 Å². The molecule has 1 fully saturated rings. The minimum Gasteiger partial charge on any atom is -0.369 e. The molecule has 31 heavy (non-hydrogen) atoms. The highest BCUT2D eigenvalue weighted by molar-refractivity contribution is 6.04. The summed E-state index contributed by atoms with van der Waals surface area (Å²) in [7, 11) is 2.16. The minimum atomic E-state index is -0.0954. The van der Waals surface area contributed by atoms with Gasteiger partial charge in [-0.2, -0.15) is 5.10 Å². The van der Waals surface area contributed by atoms with Gasteiger partial charge in [-0.25, -0.2) is 0 Å². The van der Waals surface area contributed by atoms with E-state index in [4.69, 9.17) is 0 Å². The molecule has 1 aliphatic heterocycles.